The molecular formula is C24H32O2. The van der Waals surface area contributed by atoms with Gasteiger partial charge in [-0.15, -0.1) is 0 Å². The van der Waals surface area contributed by atoms with E-state index in [1.165, 1.54) is 49.5 Å². The molecule has 1 atom stereocenters. The van der Waals surface area contributed by atoms with E-state index < -0.39 is 0 Å². The summed E-state index contributed by atoms with van der Waals surface area (Å²) in [6, 6.07) is 12.7. The molecule has 0 spiro atoms. The monoisotopic (exact) mass is 352 g/mol. The second-order valence-electron chi connectivity index (χ2n) is 8.06. The summed E-state index contributed by atoms with van der Waals surface area (Å²) in [5.74, 6) is 2.95. The van der Waals surface area contributed by atoms with Crippen LogP contribution in [0.1, 0.15) is 77.2 Å². The van der Waals surface area contributed by atoms with Gasteiger partial charge in [0, 0.05) is 6.42 Å². The Morgan fingerprint density at radius 2 is 1.73 bits per heavy atom. The molecule has 2 nitrogen and oxygen atoms in total. The van der Waals surface area contributed by atoms with Crippen molar-refractivity contribution in [2.75, 3.05) is 0 Å². The quantitative estimate of drug-likeness (QED) is 0.419. The van der Waals surface area contributed by atoms with E-state index in [0.29, 0.717) is 18.1 Å². The van der Waals surface area contributed by atoms with E-state index in [2.05, 4.69) is 38.1 Å². The van der Waals surface area contributed by atoms with Crippen LogP contribution >= 0.6 is 0 Å². The molecule has 1 saturated carbocycles. The third kappa shape index (κ3) is 4.66. The number of hydrogen-bond acceptors (Lipinski definition) is 2. The average molecular weight is 353 g/mol. The third-order valence-electron chi connectivity index (χ3n) is 6.11. The highest BCUT2D eigenvalue weighted by molar-refractivity contribution is 5.85. The largest absolute Gasteiger partial charge is 0.427 e. The van der Waals surface area contributed by atoms with Crippen LogP contribution in [0.25, 0.3) is 10.8 Å². The molecule has 0 saturated heterocycles. The first-order valence-electron chi connectivity index (χ1n) is 10.3. The lowest BCUT2D eigenvalue weighted by molar-refractivity contribution is -0.134. The minimum absolute atomic E-state index is 0.185. The van der Waals surface area contributed by atoms with Crippen molar-refractivity contribution in [2.45, 2.75) is 71.6 Å². The Hall–Kier alpha value is -1.83. The Labute approximate surface area is 157 Å². The molecule has 0 aliphatic heterocycles. The topological polar surface area (TPSA) is 26.3 Å². The highest BCUT2D eigenvalue weighted by Crippen LogP contribution is 2.39. The Kier molecular flexibility index (Phi) is 6.34. The highest BCUT2D eigenvalue weighted by Gasteiger charge is 2.23. The molecule has 3 rings (SSSR count). The summed E-state index contributed by atoms with van der Waals surface area (Å²) in [6.45, 7) is 6.51. The molecule has 26 heavy (non-hydrogen) atoms. The van der Waals surface area contributed by atoms with Gasteiger partial charge in [-0.3, -0.25) is 4.79 Å². The van der Waals surface area contributed by atoms with Crippen molar-refractivity contribution in [1.29, 1.82) is 0 Å². The molecule has 1 fully saturated rings. The fourth-order valence-corrected chi connectivity index (χ4v) is 4.23. The van der Waals surface area contributed by atoms with Gasteiger partial charge in [0.05, 0.1) is 0 Å². The van der Waals surface area contributed by atoms with Gasteiger partial charge in [-0.1, -0.05) is 51.5 Å². The Bertz CT molecular complexity index is 741. The molecule has 1 aliphatic carbocycles. The summed E-state index contributed by atoms with van der Waals surface area (Å²) in [6.07, 6.45) is 8.49. The van der Waals surface area contributed by atoms with Crippen molar-refractivity contribution in [3.05, 3.63) is 42.0 Å². The van der Waals surface area contributed by atoms with Gasteiger partial charge in [0.1, 0.15) is 5.75 Å². The Morgan fingerprint density at radius 3 is 2.42 bits per heavy atom. The maximum atomic E-state index is 11.5. The molecule has 1 aliphatic rings. The number of esters is 1. The standard InChI is InChI=1S/C24H32O2/c1-4-17(3)14-18-6-8-19(9-7-18)20-10-11-22-16-23(26-24(25)5-2)13-12-21(22)15-20/h10-13,15-19H,4-9,14H2,1-3H3. The number of fused-ring (bicyclic) bond motifs is 1. The number of rotatable bonds is 6. The average Bonchev–Trinajstić information content (AvgIpc) is 2.68. The van der Waals surface area contributed by atoms with Crippen LogP contribution < -0.4 is 4.74 Å². The maximum Gasteiger partial charge on any atom is 0.310 e. The number of carbonyl (C=O) groups excluding carboxylic acids is 1. The van der Waals surface area contributed by atoms with Gasteiger partial charge >= 0.3 is 5.97 Å². The first kappa shape index (κ1) is 18.9. The molecular weight excluding hydrogens is 320 g/mol. The minimum Gasteiger partial charge on any atom is -0.427 e. The lowest BCUT2D eigenvalue weighted by Gasteiger charge is -2.30. The summed E-state index contributed by atoms with van der Waals surface area (Å²) in [5.41, 5.74) is 1.47. The van der Waals surface area contributed by atoms with Gasteiger partial charge in [-0.05, 0) is 78.3 Å². The normalized spacial score (nSPS) is 21.5. The molecule has 1 unspecified atom stereocenters. The predicted octanol–water partition coefficient (Wildman–Crippen LogP) is 6.87. The minimum atomic E-state index is -0.185. The maximum absolute atomic E-state index is 11.5. The molecule has 2 heteroatoms. The highest BCUT2D eigenvalue weighted by atomic mass is 16.5. The van der Waals surface area contributed by atoms with Crippen LogP contribution in [0.5, 0.6) is 5.75 Å². The van der Waals surface area contributed by atoms with Crippen molar-refractivity contribution in [2.24, 2.45) is 11.8 Å². The van der Waals surface area contributed by atoms with Gasteiger partial charge in [0.15, 0.2) is 0 Å². The lowest BCUT2D eigenvalue weighted by Crippen LogP contribution is -2.15. The molecule has 0 radical (unpaired) electrons. The summed E-state index contributed by atoms with van der Waals surface area (Å²) >= 11 is 0. The van der Waals surface area contributed by atoms with Crippen LogP contribution in [0.3, 0.4) is 0 Å². The van der Waals surface area contributed by atoms with Gasteiger partial charge in [-0.25, -0.2) is 0 Å². The second-order valence-corrected chi connectivity index (χ2v) is 8.06. The summed E-state index contributed by atoms with van der Waals surface area (Å²) in [5, 5.41) is 2.38. The number of hydrogen-bond donors (Lipinski definition) is 0. The smallest absolute Gasteiger partial charge is 0.310 e. The fraction of sp³-hybridized carbons (Fsp3) is 0.542. The van der Waals surface area contributed by atoms with Crippen molar-refractivity contribution >= 4 is 16.7 Å². The first-order chi connectivity index (χ1) is 12.6. The van der Waals surface area contributed by atoms with Crippen molar-refractivity contribution in [3.8, 4) is 5.75 Å². The molecule has 0 bridgehead atoms. The van der Waals surface area contributed by atoms with Crippen LogP contribution in [0.4, 0.5) is 0 Å². The fourth-order valence-electron chi connectivity index (χ4n) is 4.23. The molecule has 0 amide bonds. The zero-order valence-electron chi connectivity index (χ0n) is 16.5. The van der Waals surface area contributed by atoms with Crippen LogP contribution in [0, 0.1) is 11.8 Å². The molecule has 0 N–H and O–H groups in total. The molecule has 2 aromatic rings. The van der Waals surface area contributed by atoms with E-state index in [1.54, 1.807) is 0 Å². The molecule has 0 heterocycles. The molecule has 2 aromatic carbocycles. The zero-order valence-corrected chi connectivity index (χ0v) is 16.5. The van der Waals surface area contributed by atoms with E-state index in [4.69, 9.17) is 4.74 Å². The van der Waals surface area contributed by atoms with E-state index in [0.717, 1.165) is 17.2 Å². The number of benzene rings is 2. The van der Waals surface area contributed by atoms with Crippen molar-refractivity contribution < 1.29 is 9.53 Å². The predicted molar refractivity (Wildman–Crippen MR) is 109 cm³/mol. The molecule has 0 aromatic heterocycles. The van der Waals surface area contributed by atoms with Crippen molar-refractivity contribution in [3.63, 3.8) is 0 Å². The van der Waals surface area contributed by atoms with Gasteiger partial charge in [0.2, 0.25) is 0 Å². The summed E-state index contributed by atoms with van der Waals surface area (Å²) < 4.78 is 5.33. The summed E-state index contributed by atoms with van der Waals surface area (Å²) in [4.78, 5) is 11.5. The SMILES string of the molecule is CCC(=O)Oc1ccc2cc(C3CCC(CC(C)CC)CC3)ccc2c1. The molecule has 140 valence electrons. The first-order valence-corrected chi connectivity index (χ1v) is 10.3. The van der Waals surface area contributed by atoms with E-state index in [9.17, 15) is 4.79 Å². The Balaban J connectivity index is 1.66. The van der Waals surface area contributed by atoms with E-state index >= 15 is 0 Å². The Morgan fingerprint density at radius 1 is 1.04 bits per heavy atom. The number of ether oxygens (including phenoxy) is 1. The van der Waals surface area contributed by atoms with Crippen LogP contribution in [0.15, 0.2) is 36.4 Å². The van der Waals surface area contributed by atoms with Gasteiger partial charge < -0.3 is 4.74 Å². The van der Waals surface area contributed by atoms with Crippen LogP contribution in [0.2, 0.25) is 0 Å². The zero-order chi connectivity index (χ0) is 18.5. The lowest BCUT2D eigenvalue weighted by atomic mass is 9.75. The van der Waals surface area contributed by atoms with E-state index in [-0.39, 0.29) is 5.97 Å². The van der Waals surface area contributed by atoms with Gasteiger partial charge in [-0.2, -0.15) is 0 Å². The number of carbonyl (C=O) groups is 1. The van der Waals surface area contributed by atoms with Crippen LogP contribution in [-0.4, -0.2) is 5.97 Å². The van der Waals surface area contributed by atoms with Crippen molar-refractivity contribution in [1.82, 2.24) is 0 Å². The third-order valence-corrected chi connectivity index (χ3v) is 6.11. The second kappa shape index (κ2) is 8.70. The van der Waals surface area contributed by atoms with Gasteiger partial charge in [0.25, 0.3) is 0 Å². The van der Waals surface area contributed by atoms with Crippen LogP contribution in [-0.2, 0) is 4.79 Å². The summed E-state index contributed by atoms with van der Waals surface area (Å²) in [7, 11) is 0. The van der Waals surface area contributed by atoms with E-state index in [1.807, 2.05) is 19.1 Å².